The fourth-order valence-corrected chi connectivity index (χ4v) is 2.32. The summed E-state index contributed by atoms with van der Waals surface area (Å²) in [6, 6.07) is 6.26. The van der Waals surface area contributed by atoms with Crippen LogP contribution >= 0.6 is 11.6 Å². The molecule has 132 valence electrons. The number of benzene rings is 1. The summed E-state index contributed by atoms with van der Waals surface area (Å²) < 4.78 is 4.66. The van der Waals surface area contributed by atoms with Gasteiger partial charge in [-0.05, 0) is 31.5 Å². The van der Waals surface area contributed by atoms with Crippen molar-refractivity contribution in [2.45, 2.75) is 26.4 Å². The van der Waals surface area contributed by atoms with E-state index in [1.165, 1.54) is 13.0 Å². The number of H-pyrrole nitrogens is 1. The number of anilines is 1. The van der Waals surface area contributed by atoms with Crippen LogP contribution < -0.4 is 11.1 Å². The lowest BCUT2D eigenvalue weighted by Gasteiger charge is -2.13. The number of rotatable bonds is 6. The number of nitrogens with two attached hydrogens (primary N) is 1. The smallest absolute Gasteiger partial charge is 0.405 e. The molecule has 1 atom stereocenters. The second-order valence-electron chi connectivity index (χ2n) is 5.41. The molecule has 0 aliphatic carbocycles. The number of carbonyl (C=O) groups excluding carboxylic acids is 3. The van der Waals surface area contributed by atoms with E-state index in [-0.39, 0.29) is 12.0 Å². The number of ether oxygens (including phenoxy) is 1. The number of primary amides is 1. The van der Waals surface area contributed by atoms with Gasteiger partial charge in [0, 0.05) is 28.8 Å². The molecule has 0 radical (unpaired) electrons. The highest BCUT2D eigenvalue weighted by atomic mass is 35.5. The third kappa shape index (κ3) is 5.05. The van der Waals surface area contributed by atoms with E-state index in [9.17, 15) is 14.4 Å². The minimum atomic E-state index is -1.04. The van der Waals surface area contributed by atoms with Gasteiger partial charge >= 0.3 is 6.09 Å². The molecule has 4 N–H and O–H groups in total. The lowest BCUT2D eigenvalue weighted by Crippen LogP contribution is -2.29. The minimum Gasteiger partial charge on any atom is -0.439 e. The molecule has 0 aliphatic rings. The van der Waals surface area contributed by atoms with Gasteiger partial charge in [0.05, 0.1) is 0 Å². The van der Waals surface area contributed by atoms with E-state index in [1.807, 2.05) is 0 Å². The number of ketones is 1. The minimum absolute atomic E-state index is 0.117. The maximum absolute atomic E-state index is 12.5. The van der Waals surface area contributed by atoms with Crippen molar-refractivity contribution in [2.75, 3.05) is 5.32 Å². The summed E-state index contributed by atoms with van der Waals surface area (Å²) >= 11 is 5.96. The fraction of sp³-hybridized carbons (Fsp3) is 0.250. The summed E-state index contributed by atoms with van der Waals surface area (Å²) in [5, 5.41) is 9.61. The Labute approximate surface area is 148 Å². The molecule has 0 saturated heterocycles. The van der Waals surface area contributed by atoms with Crippen LogP contribution in [-0.2, 0) is 16.0 Å². The molecule has 1 aromatic heterocycles. The number of Topliss-reactive ketones (excluding diaryl/α,β-unsaturated/α-hetero) is 1. The third-order valence-corrected chi connectivity index (χ3v) is 3.61. The molecule has 2 aromatic rings. The Hall–Kier alpha value is -2.87. The van der Waals surface area contributed by atoms with Crippen molar-refractivity contribution in [2.24, 2.45) is 5.73 Å². The zero-order valence-corrected chi connectivity index (χ0v) is 14.4. The third-order valence-electron chi connectivity index (χ3n) is 3.38. The van der Waals surface area contributed by atoms with Crippen molar-refractivity contribution in [1.29, 1.82) is 0 Å². The van der Waals surface area contributed by atoms with Crippen molar-refractivity contribution in [3.63, 3.8) is 0 Å². The molecule has 2 amide bonds. The van der Waals surface area contributed by atoms with Crippen LogP contribution in [0.1, 0.15) is 28.5 Å². The van der Waals surface area contributed by atoms with Gasteiger partial charge in [0.1, 0.15) is 0 Å². The van der Waals surface area contributed by atoms with Crippen molar-refractivity contribution in [1.82, 2.24) is 10.2 Å². The van der Waals surface area contributed by atoms with Gasteiger partial charge in [0.15, 0.2) is 17.7 Å². The highest BCUT2D eigenvalue weighted by Crippen LogP contribution is 2.19. The molecular formula is C16H17ClN4O4. The lowest BCUT2D eigenvalue weighted by atomic mass is 10.00. The van der Waals surface area contributed by atoms with Crippen LogP contribution in [0.2, 0.25) is 5.02 Å². The maximum atomic E-state index is 12.5. The number of amides is 2. The number of hydrogen-bond acceptors (Lipinski definition) is 5. The summed E-state index contributed by atoms with van der Waals surface area (Å²) in [5.41, 5.74) is 6.36. The van der Waals surface area contributed by atoms with Crippen molar-refractivity contribution in [3.05, 3.63) is 46.1 Å². The Balaban J connectivity index is 2.20. The summed E-state index contributed by atoms with van der Waals surface area (Å²) in [6.07, 6.45) is -2.17. The number of carbonyl (C=O) groups is 3. The molecule has 1 aromatic carbocycles. The predicted molar refractivity (Wildman–Crippen MR) is 91.6 cm³/mol. The molecule has 1 heterocycles. The van der Waals surface area contributed by atoms with Gasteiger partial charge in [-0.15, -0.1) is 0 Å². The van der Waals surface area contributed by atoms with E-state index >= 15 is 0 Å². The summed E-state index contributed by atoms with van der Waals surface area (Å²) in [5.74, 6) is -0.503. The van der Waals surface area contributed by atoms with E-state index in [4.69, 9.17) is 17.3 Å². The standard InChI is InChI=1S/C16H17ClN4O4/c1-8-5-14(21-20-8)19-15(23)12-7-11(17)4-3-10(12)6-13(22)9(2)25-16(18)24/h3-5,7,9H,6H2,1-2H3,(H2,18,24)(H2,19,20,21,23)/t9-/m0/s1. The normalized spacial score (nSPS) is 11.6. The van der Waals surface area contributed by atoms with Crippen LogP contribution in [0.3, 0.4) is 0 Å². The maximum Gasteiger partial charge on any atom is 0.405 e. The van der Waals surface area contributed by atoms with Crippen LogP contribution in [0.4, 0.5) is 10.6 Å². The largest absolute Gasteiger partial charge is 0.439 e. The van der Waals surface area contributed by atoms with Gasteiger partial charge < -0.3 is 15.8 Å². The number of halogens is 1. The zero-order chi connectivity index (χ0) is 18.6. The first-order valence-corrected chi connectivity index (χ1v) is 7.74. The van der Waals surface area contributed by atoms with Crippen LogP contribution in [0.25, 0.3) is 0 Å². The molecule has 8 nitrogen and oxygen atoms in total. The van der Waals surface area contributed by atoms with E-state index in [1.54, 1.807) is 25.1 Å². The topological polar surface area (TPSA) is 127 Å². The number of hydrogen-bond donors (Lipinski definition) is 3. The first-order chi connectivity index (χ1) is 11.8. The van der Waals surface area contributed by atoms with E-state index in [0.29, 0.717) is 16.4 Å². The van der Waals surface area contributed by atoms with E-state index in [0.717, 1.165) is 5.69 Å². The SMILES string of the molecule is Cc1cc(NC(=O)c2cc(Cl)ccc2CC(=O)[C@H](C)OC(N)=O)n[nH]1. The highest BCUT2D eigenvalue weighted by molar-refractivity contribution is 6.31. The van der Waals surface area contributed by atoms with E-state index < -0.39 is 23.9 Å². The van der Waals surface area contributed by atoms with Crippen molar-refractivity contribution in [3.8, 4) is 0 Å². The average Bonchev–Trinajstić information content (AvgIpc) is 2.93. The molecule has 0 bridgehead atoms. The quantitative estimate of drug-likeness (QED) is 0.724. The molecule has 0 unspecified atom stereocenters. The first-order valence-electron chi connectivity index (χ1n) is 7.37. The van der Waals surface area contributed by atoms with Crippen molar-refractivity contribution >= 4 is 35.2 Å². The molecule has 2 rings (SSSR count). The summed E-state index contributed by atoms with van der Waals surface area (Å²) in [4.78, 5) is 35.4. The Morgan fingerprint density at radius 3 is 2.68 bits per heavy atom. The van der Waals surface area contributed by atoms with Crippen LogP contribution in [0.15, 0.2) is 24.3 Å². The Bertz CT molecular complexity index is 818. The number of aromatic amines is 1. The molecule has 0 fully saturated rings. The number of nitrogens with zero attached hydrogens (tertiary/aromatic N) is 1. The zero-order valence-electron chi connectivity index (χ0n) is 13.6. The second kappa shape index (κ2) is 7.80. The molecule has 9 heteroatoms. The number of nitrogens with one attached hydrogen (secondary N) is 2. The monoisotopic (exact) mass is 364 g/mol. The fourth-order valence-electron chi connectivity index (χ4n) is 2.15. The molecular weight excluding hydrogens is 348 g/mol. The molecule has 0 saturated carbocycles. The van der Waals surface area contributed by atoms with Crippen molar-refractivity contribution < 1.29 is 19.1 Å². The number of aryl methyl sites for hydroxylation is 1. The molecule has 0 aliphatic heterocycles. The van der Waals surface area contributed by atoms with Gasteiger partial charge in [-0.1, -0.05) is 17.7 Å². The predicted octanol–water partition coefficient (Wildman–Crippen LogP) is 2.22. The van der Waals surface area contributed by atoms with E-state index in [2.05, 4.69) is 20.3 Å². The summed E-state index contributed by atoms with van der Waals surface area (Å²) in [6.45, 7) is 3.21. The second-order valence-corrected chi connectivity index (χ2v) is 5.85. The first kappa shape index (κ1) is 18.5. The van der Waals surface area contributed by atoms with Crippen LogP contribution in [0, 0.1) is 6.92 Å². The Kier molecular flexibility index (Phi) is 5.76. The van der Waals surface area contributed by atoms with Gasteiger partial charge in [-0.3, -0.25) is 14.7 Å². The lowest BCUT2D eigenvalue weighted by molar-refractivity contribution is -0.125. The molecule has 25 heavy (non-hydrogen) atoms. The summed E-state index contributed by atoms with van der Waals surface area (Å²) in [7, 11) is 0. The highest BCUT2D eigenvalue weighted by Gasteiger charge is 2.21. The van der Waals surface area contributed by atoms with Gasteiger partial charge in [-0.2, -0.15) is 5.10 Å². The van der Waals surface area contributed by atoms with Gasteiger partial charge in [0.25, 0.3) is 5.91 Å². The Morgan fingerprint density at radius 2 is 2.08 bits per heavy atom. The molecule has 0 spiro atoms. The van der Waals surface area contributed by atoms with Gasteiger partial charge in [-0.25, -0.2) is 4.79 Å². The van der Waals surface area contributed by atoms with Crippen LogP contribution in [-0.4, -0.2) is 34.1 Å². The van der Waals surface area contributed by atoms with Gasteiger partial charge in [0.2, 0.25) is 0 Å². The van der Waals surface area contributed by atoms with Crippen LogP contribution in [0.5, 0.6) is 0 Å². The number of aromatic nitrogens is 2. The Morgan fingerprint density at radius 1 is 1.36 bits per heavy atom. The average molecular weight is 365 g/mol.